The average molecular weight is 568 g/mol. The van der Waals surface area contributed by atoms with E-state index in [2.05, 4.69) is 4.98 Å². The highest BCUT2D eigenvalue weighted by Crippen LogP contribution is 2.50. The van der Waals surface area contributed by atoms with E-state index in [1.807, 2.05) is 13.8 Å². The van der Waals surface area contributed by atoms with Crippen LogP contribution in [0.15, 0.2) is 71.5 Å². The molecule has 0 amide bonds. The molecule has 212 valence electrons. The van der Waals surface area contributed by atoms with Crippen LogP contribution >= 0.6 is 0 Å². The molecular formula is C28H25F6N2O4+. The molecule has 3 aromatic carbocycles. The van der Waals surface area contributed by atoms with Crippen LogP contribution in [0.1, 0.15) is 30.8 Å². The van der Waals surface area contributed by atoms with Crippen molar-refractivity contribution in [2.75, 3.05) is 7.11 Å². The highest BCUT2D eigenvalue weighted by Gasteiger charge is 2.71. The molecule has 0 saturated heterocycles. The van der Waals surface area contributed by atoms with E-state index in [-0.39, 0.29) is 29.3 Å². The number of rotatable bonds is 7. The van der Waals surface area contributed by atoms with Gasteiger partial charge in [-0.3, -0.25) is 0 Å². The van der Waals surface area contributed by atoms with Crippen LogP contribution in [-0.2, 0) is 12.0 Å². The molecule has 0 unspecified atom stereocenters. The van der Waals surface area contributed by atoms with Gasteiger partial charge in [-0.05, 0) is 31.5 Å². The van der Waals surface area contributed by atoms with E-state index in [4.69, 9.17) is 9.47 Å². The fraction of sp³-hybridized carbons (Fsp3) is 0.286. The molecule has 1 aromatic heterocycles. The van der Waals surface area contributed by atoms with Gasteiger partial charge in [-0.25, -0.2) is 9.78 Å². The van der Waals surface area contributed by atoms with Crippen LogP contribution in [0.25, 0.3) is 16.6 Å². The molecule has 0 aliphatic carbocycles. The van der Waals surface area contributed by atoms with E-state index in [9.17, 15) is 36.2 Å². The summed E-state index contributed by atoms with van der Waals surface area (Å²) in [6, 6.07) is 14.8. The van der Waals surface area contributed by atoms with Gasteiger partial charge in [-0.1, -0.05) is 42.5 Å². The van der Waals surface area contributed by atoms with Gasteiger partial charge >= 0.3 is 17.9 Å². The van der Waals surface area contributed by atoms with Gasteiger partial charge in [0.1, 0.15) is 16.6 Å². The summed E-state index contributed by atoms with van der Waals surface area (Å²) in [7, 11) is 1.39. The summed E-state index contributed by atoms with van der Waals surface area (Å²) in [5, 5.41) is 9.89. The van der Waals surface area contributed by atoms with Crippen molar-refractivity contribution in [2.24, 2.45) is 0 Å². The van der Waals surface area contributed by atoms with Crippen LogP contribution < -0.4 is 20.0 Å². The predicted octanol–water partition coefficient (Wildman–Crippen LogP) is 5.50. The van der Waals surface area contributed by atoms with Gasteiger partial charge in [-0.15, -0.1) is 0 Å². The van der Waals surface area contributed by atoms with Crippen LogP contribution in [0.5, 0.6) is 11.5 Å². The van der Waals surface area contributed by atoms with Crippen LogP contribution in [0.2, 0.25) is 0 Å². The van der Waals surface area contributed by atoms with Crippen molar-refractivity contribution in [3.63, 3.8) is 0 Å². The van der Waals surface area contributed by atoms with Gasteiger partial charge in [-0.2, -0.15) is 30.9 Å². The third-order valence-corrected chi connectivity index (χ3v) is 6.23. The minimum absolute atomic E-state index is 0.0222. The molecule has 6 nitrogen and oxygen atoms in total. The fourth-order valence-electron chi connectivity index (χ4n) is 4.33. The molecule has 0 radical (unpaired) electrons. The summed E-state index contributed by atoms with van der Waals surface area (Å²) in [6.45, 7) is 3.63. The number of hydrogen-bond donors (Lipinski definition) is 1. The molecule has 2 N–H and O–H groups in total. The van der Waals surface area contributed by atoms with E-state index in [1.54, 1.807) is 36.4 Å². The first-order valence-corrected chi connectivity index (χ1v) is 12.0. The lowest BCUT2D eigenvalue weighted by Gasteiger charge is -2.32. The molecule has 4 rings (SSSR count). The number of fused-ring (bicyclic) bond motifs is 1. The largest absolute Gasteiger partial charge is 0.493 e. The normalized spacial score (nSPS) is 12.7. The summed E-state index contributed by atoms with van der Waals surface area (Å²) in [5.74, 6) is 0.913. The molecule has 0 saturated carbocycles. The Kier molecular flexibility index (Phi) is 7.59. The lowest BCUT2D eigenvalue weighted by Crippen LogP contribution is -2.53. The van der Waals surface area contributed by atoms with Gasteiger partial charge in [0.2, 0.25) is 0 Å². The number of nitrogens with one attached hydrogen (secondary N) is 1. The molecule has 0 aliphatic rings. The third kappa shape index (κ3) is 5.23. The number of ether oxygens (including phenoxy) is 2. The number of H-pyrrole nitrogens is 1. The first kappa shape index (κ1) is 28.9. The van der Waals surface area contributed by atoms with Crippen molar-refractivity contribution in [2.45, 2.75) is 44.3 Å². The highest BCUT2D eigenvalue weighted by molar-refractivity contribution is 5.79. The maximum absolute atomic E-state index is 13.8. The summed E-state index contributed by atoms with van der Waals surface area (Å²) >= 11 is 0. The second kappa shape index (κ2) is 10.5. The van der Waals surface area contributed by atoms with E-state index in [0.29, 0.717) is 29.2 Å². The van der Waals surface area contributed by atoms with Gasteiger partial charge in [0.05, 0.1) is 19.6 Å². The Morgan fingerprint density at radius 3 is 2.02 bits per heavy atom. The Balaban J connectivity index is 1.95. The second-order valence-electron chi connectivity index (χ2n) is 9.34. The van der Waals surface area contributed by atoms with Crippen molar-refractivity contribution in [1.82, 2.24) is 4.57 Å². The molecule has 0 aliphatic heterocycles. The fourth-order valence-corrected chi connectivity index (χ4v) is 4.33. The van der Waals surface area contributed by atoms with Crippen molar-refractivity contribution in [3.8, 4) is 17.2 Å². The maximum Gasteiger partial charge on any atom is 0.430 e. The van der Waals surface area contributed by atoms with Crippen molar-refractivity contribution in [3.05, 3.63) is 94.0 Å². The third-order valence-electron chi connectivity index (χ3n) is 6.23. The zero-order chi connectivity index (χ0) is 29.5. The minimum atomic E-state index is -6.04. The summed E-state index contributed by atoms with van der Waals surface area (Å²) in [5.41, 5.74) is -6.00. The number of aromatic nitrogens is 2. The molecule has 0 bridgehead atoms. The number of hydrogen-bond acceptors (Lipinski definition) is 4. The quantitative estimate of drug-likeness (QED) is 0.299. The Hall–Kier alpha value is -4.06. The zero-order valence-corrected chi connectivity index (χ0v) is 21.5. The summed E-state index contributed by atoms with van der Waals surface area (Å²) in [6.07, 6.45) is -12.1. The average Bonchev–Trinajstić information content (AvgIpc) is 2.87. The van der Waals surface area contributed by atoms with Gasteiger partial charge in [0.25, 0.3) is 11.4 Å². The SMILES string of the molecule is COc1cc2c(=O)n(-c3ccc(C(O)(C(F)(F)F)C(F)(F)F)cc3)c(Cc3ccccc3)[nH+]c2cc1OC(C)C. The molecule has 0 atom stereocenters. The first-order chi connectivity index (χ1) is 18.7. The standard InChI is InChI=1S/C28H24F6N2O4/c1-16(2)40-23-15-21-20(14-22(23)39-3)25(37)36(24(35-21)13-17-7-5-4-6-8-17)19-11-9-18(10-12-19)26(38,27(29,30)31)28(32,33)34/h4-12,14-16,38H,13H2,1-3H3/p+1. The number of alkyl halides is 6. The number of methoxy groups -OCH3 is 1. The molecule has 4 aromatic rings. The van der Waals surface area contributed by atoms with Crippen molar-refractivity contribution < 1.29 is 45.9 Å². The molecule has 40 heavy (non-hydrogen) atoms. The van der Waals surface area contributed by atoms with Crippen molar-refractivity contribution in [1.29, 1.82) is 0 Å². The number of nitrogens with zero attached hydrogens (tertiary/aromatic N) is 1. The van der Waals surface area contributed by atoms with Crippen LogP contribution in [-0.4, -0.2) is 35.2 Å². The summed E-state index contributed by atoms with van der Waals surface area (Å²) < 4.78 is 92.6. The summed E-state index contributed by atoms with van der Waals surface area (Å²) in [4.78, 5) is 16.9. The van der Waals surface area contributed by atoms with E-state index >= 15 is 0 Å². The number of halogens is 6. The van der Waals surface area contributed by atoms with Gasteiger partial charge in [0.15, 0.2) is 11.5 Å². The second-order valence-corrected chi connectivity index (χ2v) is 9.34. The Morgan fingerprint density at radius 1 is 0.900 bits per heavy atom. The molecule has 12 heteroatoms. The Labute approximate surface area is 224 Å². The molecular weight excluding hydrogens is 542 g/mol. The maximum atomic E-state index is 13.8. The first-order valence-electron chi connectivity index (χ1n) is 12.0. The van der Waals surface area contributed by atoms with Crippen molar-refractivity contribution >= 4 is 10.9 Å². The van der Waals surface area contributed by atoms with Crippen LogP contribution in [0.4, 0.5) is 26.3 Å². The molecule has 1 heterocycles. The lowest BCUT2D eigenvalue weighted by molar-refractivity contribution is -0.376. The number of benzene rings is 3. The van der Waals surface area contributed by atoms with Crippen LogP contribution in [0, 0.1) is 0 Å². The van der Waals surface area contributed by atoms with Gasteiger partial charge in [0, 0.05) is 17.7 Å². The lowest BCUT2D eigenvalue weighted by atomic mass is 9.92. The molecule has 0 fully saturated rings. The predicted molar refractivity (Wildman–Crippen MR) is 134 cm³/mol. The number of aliphatic hydroxyl groups is 1. The Bertz CT molecular complexity index is 1550. The monoisotopic (exact) mass is 567 g/mol. The highest BCUT2D eigenvalue weighted by atomic mass is 19.4. The minimum Gasteiger partial charge on any atom is -0.493 e. The molecule has 0 spiro atoms. The van der Waals surface area contributed by atoms with E-state index in [0.717, 1.165) is 22.3 Å². The van der Waals surface area contributed by atoms with E-state index < -0.39 is 29.1 Å². The number of aromatic amines is 1. The van der Waals surface area contributed by atoms with E-state index in [1.165, 1.54) is 13.2 Å². The zero-order valence-electron chi connectivity index (χ0n) is 21.5. The van der Waals surface area contributed by atoms with Crippen LogP contribution in [0.3, 0.4) is 0 Å². The topological polar surface area (TPSA) is 74.8 Å². The smallest absolute Gasteiger partial charge is 0.430 e. The van der Waals surface area contributed by atoms with Gasteiger partial charge < -0.3 is 14.6 Å². The Morgan fingerprint density at radius 2 is 1.50 bits per heavy atom.